The van der Waals surface area contributed by atoms with Crippen LogP contribution in [0.5, 0.6) is 0 Å². The molecule has 0 bridgehead atoms. The van der Waals surface area contributed by atoms with E-state index >= 15 is 0 Å². The van der Waals surface area contributed by atoms with E-state index in [2.05, 4.69) is 18.7 Å². The van der Waals surface area contributed by atoms with Gasteiger partial charge in [0.25, 0.3) is 5.97 Å². The molecular weight excluding hydrogens is 250 g/mol. The molecule has 1 heterocycles. The second kappa shape index (κ2) is 13.4. The predicted octanol–water partition coefficient (Wildman–Crippen LogP) is 4.70. The summed E-state index contributed by atoms with van der Waals surface area (Å²) in [5, 5.41) is 7.42. The number of carboxylic acid groups (broad SMARTS) is 1. The van der Waals surface area contributed by atoms with Crippen LogP contribution in [0.15, 0.2) is 0 Å². The average Bonchev–Trinajstić information content (AvgIpc) is 2.42. The Morgan fingerprint density at radius 3 is 2.35 bits per heavy atom. The molecule has 0 aliphatic carbocycles. The van der Waals surface area contributed by atoms with Gasteiger partial charge in [-0.05, 0) is 38.8 Å². The molecule has 1 unspecified atom stereocenters. The maximum absolute atomic E-state index is 9.00. The maximum atomic E-state index is 9.00. The van der Waals surface area contributed by atoms with Crippen molar-refractivity contribution in [2.24, 2.45) is 0 Å². The summed E-state index contributed by atoms with van der Waals surface area (Å²) in [4.78, 5) is 11.8. The molecule has 1 aliphatic rings. The van der Waals surface area contributed by atoms with Gasteiger partial charge < -0.3 is 10.0 Å². The van der Waals surface area contributed by atoms with Gasteiger partial charge in [0.1, 0.15) is 0 Å². The van der Waals surface area contributed by atoms with Crippen LogP contribution in [-0.2, 0) is 4.79 Å². The number of carboxylic acids is 1. The van der Waals surface area contributed by atoms with Crippen molar-refractivity contribution in [2.45, 2.75) is 91.0 Å². The van der Waals surface area contributed by atoms with Gasteiger partial charge in [0, 0.05) is 13.0 Å². The zero-order chi connectivity index (χ0) is 15.2. The lowest BCUT2D eigenvalue weighted by molar-refractivity contribution is -0.134. The molecule has 0 aromatic heterocycles. The summed E-state index contributed by atoms with van der Waals surface area (Å²) in [5.41, 5.74) is 0. The van der Waals surface area contributed by atoms with Gasteiger partial charge in [0.05, 0.1) is 0 Å². The first-order valence-electron chi connectivity index (χ1n) is 8.55. The summed E-state index contributed by atoms with van der Waals surface area (Å²) in [5.74, 6) is -0.833. The van der Waals surface area contributed by atoms with Gasteiger partial charge in [-0.3, -0.25) is 4.79 Å². The molecule has 0 amide bonds. The third kappa shape index (κ3) is 11.3. The molecule has 3 nitrogen and oxygen atoms in total. The largest absolute Gasteiger partial charge is 0.481 e. The number of unbranched alkanes of at least 4 members (excludes halogenated alkanes) is 4. The zero-order valence-electron chi connectivity index (χ0n) is 13.9. The van der Waals surface area contributed by atoms with Gasteiger partial charge in [0.15, 0.2) is 0 Å². The standard InChI is InChI=1S/C15H31N.C2H4O2/c1-3-5-7-9-13-16-14-10-8-12-15(16)11-6-4-2;1-2(3)4/h15H,3-14H2,1-2H3;1H3,(H,3,4). The Morgan fingerprint density at radius 1 is 1.10 bits per heavy atom. The van der Waals surface area contributed by atoms with E-state index in [4.69, 9.17) is 9.90 Å². The minimum atomic E-state index is -0.833. The Labute approximate surface area is 125 Å². The lowest BCUT2D eigenvalue weighted by Crippen LogP contribution is -2.40. The van der Waals surface area contributed by atoms with Crippen molar-refractivity contribution >= 4 is 5.97 Å². The van der Waals surface area contributed by atoms with E-state index in [0.29, 0.717) is 0 Å². The molecular formula is C17H35NO2. The molecule has 0 spiro atoms. The third-order valence-corrected chi connectivity index (χ3v) is 3.94. The molecule has 0 aromatic carbocycles. The monoisotopic (exact) mass is 285 g/mol. The van der Waals surface area contributed by atoms with E-state index in [1.54, 1.807) is 0 Å². The molecule has 1 rings (SSSR count). The fourth-order valence-electron chi connectivity index (χ4n) is 2.86. The average molecular weight is 285 g/mol. The summed E-state index contributed by atoms with van der Waals surface area (Å²) in [6.07, 6.45) is 14.3. The Kier molecular flexibility index (Phi) is 13.0. The van der Waals surface area contributed by atoms with Crippen LogP contribution < -0.4 is 0 Å². The van der Waals surface area contributed by atoms with Crippen LogP contribution in [-0.4, -0.2) is 35.1 Å². The van der Waals surface area contributed by atoms with Crippen LogP contribution >= 0.6 is 0 Å². The normalized spacial score (nSPS) is 19.2. The summed E-state index contributed by atoms with van der Waals surface area (Å²) >= 11 is 0. The fraction of sp³-hybridized carbons (Fsp3) is 0.941. The van der Waals surface area contributed by atoms with Gasteiger partial charge in [0.2, 0.25) is 0 Å². The van der Waals surface area contributed by atoms with Gasteiger partial charge in [-0.15, -0.1) is 0 Å². The van der Waals surface area contributed by atoms with Gasteiger partial charge in [-0.2, -0.15) is 0 Å². The van der Waals surface area contributed by atoms with E-state index < -0.39 is 5.97 Å². The highest BCUT2D eigenvalue weighted by molar-refractivity contribution is 5.62. The number of rotatable bonds is 8. The number of aliphatic carboxylic acids is 1. The van der Waals surface area contributed by atoms with E-state index in [1.165, 1.54) is 77.3 Å². The molecule has 20 heavy (non-hydrogen) atoms. The number of hydrogen-bond acceptors (Lipinski definition) is 2. The van der Waals surface area contributed by atoms with Crippen LogP contribution in [0.4, 0.5) is 0 Å². The number of piperidine rings is 1. The Morgan fingerprint density at radius 2 is 1.75 bits per heavy atom. The molecule has 1 fully saturated rings. The van der Waals surface area contributed by atoms with Crippen molar-refractivity contribution < 1.29 is 9.90 Å². The van der Waals surface area contributed by atoms with E-state index in [0.717, 1.165) is 13.0 Å². The quantitative estimate of drug-likeness (QED) is 0.657. The summed E-state index contributed by atoms with van der Waals surface area (Å²) in [6, 6.07) is 0.926. The smallest absolute Gasteiger partial charge is 0.300 e. The molecule has 0 radical (unpaired) electrons. The number of carbonyl (C=O) groups is 1. The van der Waals surface area contributed by atoms with Crippen LogP contribution in [0.25, 0.3) is 0 Å². The number of nitrogens with zero attached hydrogens (tertiary/aromatic N) is 1. The van der Waals surface area contributed by atoms with Gasteiger partial charge >= 0.3 is 0 Å². The molecule has 0 saturated carbocycles. The summed E-state index contributed by atoms with van der Waals surface area (Å²) < 4.78 is 0. The lowest BCUT2D eigenvalue weighted by atomic mass is 9.97. The Bertz CT molecular complexity index is 227. The van der Waals surface area contributed by atoms with Crippen LogP contribution in [0.2, 0.25) is 0 Å². The first kappa shape index (κ1) is 19.4. The highest BCUT2D eigenvalue weighted by atomic mass is 16.4. The van der Waals surface area contributed by atoms with Crippen LogP contribution in [0, 0.1) is 0 Å². The summed E-state index contributed by atoms with van der Waals surface area (Å²) in [6.45, 7) is 8.44. The van der Waals surface area contributed by atoms with Crippen LogP contribution in [0.3, 0.4) is 0 Å². The van der Waals surface area contributed by atoms with Gasteiger partial charge in [-0.1, -0.05) is 52.4 Å². The van der Waals surface area contributed by atoms with Crippen molar-refractivity contribution in [2.75, 3.05) is 13.1 Å². The molecule has 1 aliphatic heterocycles. The summed E-state index contributed by atoms with van der Waals surface area (Å²) in [7, 11) is 0. The SMILES string of the molecule is CC(=O)O.CCCCCCN1CCCCC1CCCC. The Balaban J connectivity index is 0.000000796. The Hall–Kier alpha value is -0.570. The first-order chi connectivity index (χ1) is 9.61. The zero-order valence-corrected chi connectivity index (χ0v) is 13.9. The van der Waals surface area contributed by atoms with Crippen molar-refractivity contribution in [3.63, 3.8) is 0 Å². The minimum absolute atomic E-state index is 0.833. The first-order valence-corrected chi connectivity index (χ1v) is 8.55. The maximum Gasteiger partial charge on any atom is 0.300 e. The lowest BCUT2D eigenvalue weighted by Gasteiger charge is -2.36. The second-order valence-electron chi connectivity index (χ2n) is 5.91. The second-order valence-corrected chi connectivity index (χ2v) is 5.91. The molecule has 3 heteroatoms. The molecule has 1 atom stereocenters. The molecule has 1 N–H and O–H groups in total. The van der Waals surface area contributed by atoms with Gasteiger partial charge in [-0.25, -0.2) is 0 Å². The third-order valence-electron chi connectivity index (χ3n) is 3.94. The number of likely N-dealkylation sites (tertiary alicyclic amines) is 1. The van der Waals surface area contributed by atoms with Crippen molar-refractivity contribution in [1.82, 2.24) is 4.90 Å². The number of hydrogen-bond donors (Lipinski definition) is 1. The topological polar surface area (TPSA) is 40.5 Å². The van der Waals surface area contributed by atoms with E-state index in [1.807, 2.05) is 0 Å². The van der Waals surface area contributed by atoms with Crippen molar-refractivity contribution in [3.05, 3.63) is 0 Å². The predicted molar refractivity (Wildman–Crippen MR) is 86.2 cm³/mol. The fourth-order valence-corrected chi connectivity index (χ4v) is 2.86. The van der Waals surface area contributed by atoms with E-state index in [9.17, 15) is 0 Å². The van der Waals surface area contributed by atoms with Crippen molar-refractivity contribution in [3.8, 4) is 0 Å². The highest BCUT2D eigenvalue weighted by Crippen LogP contribution is 2.22. The van der Waals surface area contributed by atoms with Crippen LogP contribution in [0.1, 0.15) is 85.0 Å². The molecule has 0 aromatic rings. The highest BCUT2D eigenvalue weighted by Gasteiger charge is 2.20. The molecule has 1 saturated heterocycles. The molecule has 120 valence electrons. The van der Waals surface area contributed by atoms with E-state index in [-0.39, 0.29) is 0 Å². The van der Waals surface area contributed by atoms with Crippen molar-refractivity contribution in [1.29, 1.82) is 0 Å². The minimum Gasteiger partial charge on any atom is -0.481 e.